The van der Waals surface area contributed by atoms with Crippen molar-refractivity contribution in [1.29, 1.82) is 0 Å². The highest BCUT2D eigenvalue weighted by molar-refractivity contribution is 5.74. The van der Waals surface area contributed by atoms with E-state index in [-0.39, 0.29) is 18.9 Å². The fourth-order valence-electron chi connectivity index (χ4n) is 1.29. The Balaban J connectivity index is 2.58. The van der Waals surface area contributed by atoms with Crippen LogP contribution in [0.15, 0.2) is 24.5 Å². The van der Waals surface area contributed by atoms with Gasteiger partial charge in [0.25, 0.3) is 0 Å². The lowest BCUT2D eigenvalue weighted by molar-refractivity contribution is -0.138. The number of rotatable bonds is 5. The average molecular weight is 222 g/mol. The van der Waals surface area contributed by atoms with Crippen molar-refractivity contribution in [3.63, 3.8) is 0 Å². The fourth-order valence-corrected chi connectivity index (χ4v) is 1.29. The van der Waals surface area contributed by atoms with Gasteiger partial charge in [-0.3, -0.25) is 14.6 Å². The Morgan fingerprint density at radius 1 is 1.38 bits per heavy atom. The summed E-state index contributed by atoms with van der Waals surface area (Å²) in [7, 11) is 0. The Kier molecular flexibility index (Phi) is 4.44. The van der Waals surface area contributed by atoms with Gasteiger partial charge in [0.05, 0.1) is 6.42 Å². The molecule has 0 saturated heterocycles. The molecule has 0 atom stereocenters. The molecule has 1 aromatic heterocycles. The summed E-state index contributed by atoms with van der Waals surface area (Å²) in [6, 6.07) is 3.60. The lowest BCUT2D eigenvalue weighted by Crippen LogP contribution is -2.30. The third-order valence-corrected chi connectivity index (χ3v) is 2.16. The van der Waals surface area contributed by atoms with Gasteiger partial charge in [-0.25, -0.2) is 0 Å². The summed E-state index contributed by atoms with van der Waals surface area (Å²) in [5, 5.41) is 8.56. The second kappa shape index (κ2) is 5.85. The highest BCUT2D eigenvalue weighted by Crippen LogP contribution is 2.04. The molecule has 0 aromatic carbocycles. The number of carbonyl (C=O) groups is 2. The van der Waals surface area contributed by atoms with E-state index >= 15 is 0 Å². The number of carboxylic acid groups (broad SMARTS) is 1. The van der Waals surface area contributed by atoms with Gasteiger partial charge in [-0.1, -0.05) is 0 Å². The number of pyridine rings is 1. The van der Waals surface area contributed by atoms with Gasteiger partial charge in [-0.05, 0) is 17.7 Å². The van der Waals surface area contributed by atoms with Crippen LogP contribution in [0.4, 0.5) is 0 Å². The van der Waals surface area contributed by atoms with Crippen molar-refractivity contribution in [2.45, 2.75) is 19.9 Å². The van der Waals surface area contributed by atoms with Gasteiger partial charge in [-0.15, -0.1) is 0 Å². The number of carbonyl (C=O) groups excluding carboxylic acids is 1. The highest BCUT2D eigenvalue weighted by atomic mass is 16.4. The first kappa shape index (κ1) is 12.2. The van der Waals surface area contributed by atoms with Crippen LogP contribution in [0.25, 0.3) is 0 Å². The van der Waals surface area contributed by atoms with Crippen molar-refractivity contribution in [2.75, 3.05) is 6.54 Å². The van der Waals surface area contributed by atoms with E-state index in [1.807, 2.05) is 0 Å². The molecule has 1 N–H and O–H groups in total. The van der Waals surface area contributed by atoms with E-state index in [9.17, 15) is 9.59 Å². The predicted octanol–water partition coefficient (Wildman–Crippen LogP) is 0.905. The smallest absolute Gasteiger partial charge is 0.305 e. The molecule has 86 valence electrons. The van der Waals surface area contributed by atoms with Crippen molar-refractivity contribution in [1.82, 2.24) is 9.88 Å². The Hall–Kier alpha value is -1.91. The van der Waals surface area contributed by atoms with Crippen LogP contribution >= 0.6 is 0 Å². The van der Waals surface area contributed by atoms with Crippen LogP contribution in [-0.2, 0) is 16.1 Å². The fraction of sp³-hybridized carbons (Fsp3) is 0.364. The monoisotopic (exact) mass is 222 g/mol. The van der Waals surface area contributed by atoms with Gasteiger partial charge in [0.2, 0.25) is 5.91 Å². The van der Waals surface area contributed by atoms with Crippen LogP contribution in [0.2, 0.25) is 0 Å². The van der Waals surface area contributed by atoms with Crippen LogP contribution in [0.5, 0.6) is 0 Å². The largest absolute Gasteiger partial charge is 0.481 e. The van der Waals surface area contributed by atoms with Crippen molar-refractivity contribution in [3.8, 4) is 0 Å². The molecule has 5 nitrogen and oxygen atoms in total. The topological polar surface area (TPSA) is 70.5 Å². The molecule has 1 rings (SSSR count). The maximum Gasteiger partial charge on any atom is 0.305 e. The van der Waals surface area contributed by atoms with Crippen LogP contribution < -0.4 is 0 Å². The third kappa shape index (κ3) is 4.08. The summed E-state index contributed by atoms with van der Waals surface area (Å²) in [6.07, 6.45) is 3.25. The van der Waals surface area contributed by atoms with E-state index in [4.69, 9.17) is 5.11 Å². The molecule has 0 aliphatic carbocycles. The number of hydrogen-bond donors (Lipinski definition) is 1. The summed E-state index contributed by atoms with van der Waals surface area (Å²) in [6.45, 7) is 2.08. The van der Waals surface area contributed by atoms with E-state index in [2.05, 4.69) is 4.98 Å². The van der Waals surface area contributed by atoms with Gasteiger partial charge in [-0.2, -0.15) is 0 Å². The SMILES string of the molecule is CC(=O)N(CCC(=O)O)Cc1ccncc1. The molecule has 0 saturated carbocycles. The highest BCUT2D eigenvalue weighted by Gasteiger charge is 2.10. The van der Waals surface area contributed by atoms with Gasteiger partial charge < -0.3 is 10.0 Å². The van der Waals surface area contributed by atoms with Crippen molar-refractivity contribution in [2.24, 2.45) is 0 Å². The maximum absolute atomic E-state index is 11.3. The van der Waals surface area contributed by atoms with Crippen LogP contribution in [0.1, 0.15) is 18.9 Å². The molecule has 0 fully saturated rings. The Labute approximate surface area is 93.7 Å². The summed E-state index contributed by atoms with van der Waals surface area (Å²) >= 11 is 0. The van der Waals surface area contributed by atoms with Crippen molar-refractivity contribution in [3.05, 3.63) is 30.1 Å². The van der Waals surface area contributed by atoms with Crippen LogP contribution in [0.3, 0.4) is 0 Å². The molecule has 0 radical (unpaired) electrons. The molecule has 1 aromatic rings. The molecule has 0 unspecified atom stereocenters. The summed E-state index contributed by atoms with van der Waals surface area (Å²) in [5.74, 6) is -1.03. The normalized spacial score (nSPS) is 9.81. The number of aromatic nitrogens is 1. The second-order valence-electron chi connectivity index (χ2n) is 3.44. The third-order valence-electron chi connectivity index (χ3n) is 2.16. The summed E-state index contributed by atoms with van der Waals surface area (Å²) in [5.41, 5.74) is 0.940. The number of carboxylic acids is 1. The molecular formula is C11H14N2O3. The van der Waals surface area contributed by atoms with E-state index < -0.39 is 5.97 Å². The molecule has 1 heterocycles. The minimum atomic E-state index is -0.902. The first-order chi connectivity index (χ1) is 7.59. The number of amides is 1. The summed E-state index contributed by atoms with van der Waals surface area (Å²) < 4.78 is 0. The van der Waals surface area contributed by atoms with Crippen molar-refractivity contribution >= 4 is 11.9 Å². The zero-order valence-electron chi connectivity index (χ0n) is 9.09. The quantitative estimate of drug-likeness (QED) is 0.803. The van der Waals surface area contributed by atoms with Gasteiger partial charge in [0.1, 0.15) is 0 Å². The first-order valence-electron chi connectivity index (χ1n) is 4.96. The van der Waals surface area contributed by atoms with Crippen molar-refractivity contribution < 1.29 is 14.7 Å². The second-order valence-corrected chi connectivity index (χ2v) is 3.44. The lowest BCUT2D eigenvalue weighted by Gasteiger charge is -2.20. The molecule has 16 heavy (non-hydrogen) atoms. The molecule has 0 bridgehead atoms. The minimum absolute atomic E-state index is 0.0370. The van der Waals surface area contributed by atoms with E-state index in [0.717, 1.165) is 5.56 Å². The van der Waals surface area contributed by atoms with E-state index in [0.29, 0.717) is 6.54 Å². The maximum atomic E-state index is 11.3. The first-order valence-corrected chi connectivity index (χ1v) is 4.96. The number of aliphatic carboxylic acids is 1. The minimum Gasteiger partial charge on any atom is -0.481 e. The molecule has 0 spiro atoms. The number of hydrogen-bond acceptors (Lipinski definition) is 3. The van der Waals surface area contributed by atoms with Gasteiger partial charge in [0.15, 0.2) is 0 Å². The Morgan fingerprint density at radius 3 is 2.50 bits per heavy atom. The van der Waals surface area contributed by atoms with Gasteiger partial charge in [0, 0.05) is 32.4 Å². The molecule has 0 aliphatic rings. The Morgan fingerprint density at radius 2 is 2.00 bits per heavy atom. The molecule has 5 heteroatoms. The summed E-state index contributed by atoms with van der Waals surface area (Å²) in [4.78, 5) is 27.1. The van der Waals surface area contributed by atoms with Crippen LogP contribution in [0, 0.1) is 0 Å². The zero-order valence-corrected chi connectivity index (χ0v) is 9.09. The molecule has 1 amide bonds. The lowest BCUT2D eigenvalue weighted by atomic mass is 10.2. The average Bonchev–Trinajstić information content (AvgIpc) is 2.25. The zero-order chi connectivity index (χ0) is 12.0. The molecular weight excluding hydrogens is 208 g/mol. The van der Waals surface area contributed by atoms with Gasteiger partial charge >= 0.3 is 5.97 Å². The van der Waals surface area contributed by atoms with E-state index in [1.54, 1.807) is 24.5 Å². The van der Waals surface area contributed by atoms with E-state index in [1.165, 1.54) is 11.8 Å². The van der Waals surface area contributed by atoms with Crippen LogP contribution in [-0.4, -0.2) is 33.4 Å². The molecule has 0 aliphatic heterocycles. The Bertz CT molecular complexity index is 365. The predicted molar refractivity (Wildman–Crippen MR) is 57.6 cm³/mol. The standard InChI is InChI=1S/C11H14N2O3/c1-9(14)13(7-4-11(15)16)8-10-2-5-12-6-3-10/h2-3,5-6H,4,7-8H2,1H3,(H,15,16). The number of nitrogens with zero attached hydrogens (tertiary/aromatic N) is 2.